The fourth-order valence-corrected chi connectivity index (χ4v) is 3.89. The minimum absolute atomic E-state index is 0.0457. The van der Waals surface area contributed by atoms with Crippen LogP contribution in [0.4, 0.5) is 11.6 Å². The highest BCUT2D eigenvalue weighted by molar-refractivity contribution is 5.95. The van der Waals surface area contributed by atoms with Crippen LogP contribution in [0.1, 0.15) is 22.8 Å². The molecule has 0 spiro atoms. The van der Waals surface area contributed by atoms with E-state index < -0.39 is 0 Å². The van der Waals surface area contributed by atoms with Gasteiger partial charge in [-0.05, 0) is 31.5 Å². The molecule has 1 atom stereocenters. The monoisotopic (exact) mass is 420 g/mol. The number of aromatic nitrogens is 4. The highest BCUT2D eigenvalue weighted by atomic mass is 16.5. The fourth-order valence-electron chi connectivity index (χ4n) is 3.89. The second-order valence-corrected chi connectivity index (χ2v) is 7.51. The molecular formula is C22H24N6O3. The summed E-state index contributed by atoms with van der Waals surface area (Å²) in [7, 11) is 1.38. The zero-order valence-corrected chi connectivity index (χ0v) is 17.7. The summed E-state index contributed by atoms with van der Waals surface area (Å²) in [5, 5.41) is 0. The van der Waals surface area contributed by atoms with Crippen molar-refractivity contribution < 1.29 is 9.53 Å². The van der Waals surface area contributed by atoms with Gasteiger partial charge < -0.3 is 14.5 Å². The lowest BCUT2D eigenvalue weighted by Gasteiger charge is -2.41. The van der Waals surface area contributed by atoms with Gasteiger partial charge in [0.25, 0.3) is 5.56 Å². The standard InChI is InChI=1S/C22H24N6O3/c1-14-11-23-13-24-20(14)17-10-19(29)26-22(25-17)28-9-8-27(12-15(28)2)18-7-5-4-6-16(18)21(30)31-3/h4-7,10-11,13,15H,8-9,12H2,1-3H3,(H,25,26,29)/t15-/m1/s1. The highest BCUT2D eigenvalue weighted by Crippen LogP contribution is 2.26. The van der Waals surface area contributed by atoms with Crippen LogP contribution in [-0.4, -0.2) is 58.7 Å². The number of aryl methyl sites for hydroxylation is 1. The Hall–Kier alpha value is -3.75. The molecule has 0 amide bonds. The maximum Gasteiger partial charge on any atom is 0.339 e. The highest BCUT2D eigenvalue weighted by Gasteiger charge is 2.28. The van der Waals surface area contributed by atoms with Crippen LogP contribution in [0.25, 0.3) is 11.4 Å². The Morgan fingerprint density at radius 1 is 1.26 bits per heavy atom. The van der Waals surface area contributed by atoms with Gasteiger partial charge in [-0.25, -0.2) is 19.7 Å². The molecule has 9 nitrogen and oxygen atoms in total. The summed E-state index contributed by atoms with van der Waals surface area (Å²) in [4.78, 5) is 44.6. The van der Waals surface area contributed by atoms with E-state index in [-0.39, 0.29) is 17.6 Å². The van der Waals surface area contributed by atoms with Crippen molar-refractivity contribution in [2.75, 3.05) is 36.5 Å². The number of anilines is 2. The number of hydrogen-bond donors (Lipinski definition) is 1. The number of nitrogens with zero attached hydrogens (tertiary/aromatic N) is 5. The molecular weight excluding hydrogens is 396 g/mol. The van der Waals surface area contributed by atoms with E-state index >= 15 is 0 Å². The van der Waals surface area contributed by atoms with Crippen molar-refractivity contribution in [3.8, 4) is 11.4 Å². The number of carbonyl (C=O) groups is 1. The van der Waals surface area contributed by atoms with Crippen LogP contribution in [0.2, 0.25) is 0 Å². The summed E-state index contributed by atoms with van der Waals surface area (Å²) in [5.74, 6) is 0.151. The van der Waals surface area contributed by atoms with Crippen LogP contribution < -0.4 is 15.4 Å². The molecule has 160 valence electrons. The largest absolute Gasteiger partial charge is 0.465 e. The third-order valence-corrected chi connectivity index (χ3v) is 5.42. The number of carbonyl (C=O) groups excluding carboxylic acids is 1. The van der Waals surface area contributed by atoms with Gasteiger partial charge in [-0.15, -0.1) is 0 Å². The van der Waals surface area contributed by atoms with Crippen LogP contribution >= 0.6 is 0 Å². The second-order valence-electron chi connectivity index (χ2n) is 7.51. The molecule has 1 aliphatic rings. The van der Waals surface area contributed by atoms with Crippen molar-refractivity contribution >= 4 is 17.6 Å². The SMILES string of the molecule is COC(=O)c1ccccc1N1CCN(c2nc(-c3ncncc3C)cc(=O)[nH]2)[C@H](C)C1. The van der Waals surface area contributed by atoms with Gasteiger partial charge in [0.05, 0.1) is 29.7 Å². The van der Waals surface area contributed by atoms with Crippen molar-refractivity contribution in [1.29, 1.82) is 0 Å². The minimum atomic E-state index is -0.357. The predicted octanol–water partition coefficient (Wildman–Crippen LogP) is 2.04. The number of methoxy groups -OCH3 is 1. The lowest BCUT2D eigenvalue weighted by Crippen LogP contribution is -2.53. The molecule has 4 rings (SSSR count). The topological polar surface area (TPSA) is 104 Å². The van der Waals surface area contributed by atoms with E-state index in [1.807, 2.05) is 25.1 Å². The van der Waals surface area contributed by atoms with Gasteiger partial charge in [0.1, 0.15) is 6.33 Å². The number of piperazine rings is 1. The molecule has 0 bridgehead atoms. The molecule has 3 heterocycles. The van der Waals surface area contributed by atoms with Crippen molar-refractivity contribution in [2.24, 2.45) is 0 Å². The number of esters is 1. The van der Waals surface area contributed by atoms with Crippen LogP contribution in [0.3, 0.4) is 0 Å². The Kier molecular flexibility index (Phi) is 5.66. The molecule has 1 fully saturated rings. The average Bonchev–Trinajstić information content (AvgIpc) is 2.78. The molecule has 0 aliphatic carbocycles. The lowest BCUT2D eigenvalue weighted by molar-refractivity contribution is 0.0601. The number of H-pyrrole nitrogens is 1. The molecule has 0 radical (unpaired) electrons. The quantitative estimate of drug-likeness (QED) is 0.640. The van der Waals surface area contributed by atoms with Crippen molar-refractivity contribution in [2.45, 2.75) is 19.9 Å². The van der Waals surface area contributed by atoms with E-state index in [1.165, 1.54) is 19.5 Å². The normalized spacial score (nSPS) is 16.3. The van der Waals surface area contributed by atoms with Crippen LogP contribution in [0.5, 0.6) is 0 Å². The van der Waals surface area contributed by atoms with E-state index in [1.54, 1.807) is 12.3 Å². The first-order chi connectivity index (χ1) is 15.0. The summed E-state index contributed by atoms with van der Waals surface area (Å²) >= 11 is 0. The van der Waals surface area contributed by atoms with Gasteiger partial charge in [0.15, 0.2) is 0 Å². The summed E-state index contributed by atoms with van der Waals surface area (Å²) in [6, 6.07) is 8.92. The number of aromatic amines is 1. The molecule has 31 heavy (non-hydrogen) atoms. The maximum atomic E-state index is 12.4. The molecule has 9 heteroatoms. The van der Waals surface area contributed by atoms with E-state index in [4.69, 9.17) is 4.74 Å². The van der Waals surface area contributed by atoms with E-state index in [9.17, 15) is 9.59 Å². The number of para-hydroxylation sites is 1. The van der Waals surface area contributed by atoms with E-state index in [2.05, 4.69) is 36.7 Å². The molecule has 2 aromatic heterocycles. The Labute approximate surface area is 179 Å². The molecule has 3 aromatic rings. The van der Waals surface area contributed by atoms with Gasteiger partial charge in [0.2, 0.25) is 5.95 Å². The maximum absolute atomic E-state index is 12.4. The first kappa shape index (κ1) is 20.5. The Balaban J connectivity index is 1.60. The van der Waals surface area contributed by atoms with Gasteiger partial charge in [0, 0.05) is 37.9 Å². The van der Waals surface area contributed by atoms with Crippen LogP contribution in [-0.2, 0) is 4.74 Å². The molecule has 1 saturated heterocycles. The second kappa shape index (κ2) is 8.55. The van der Waals surface area contributed by atoms with Crippen LogP contribution in [0.15, 0.2) is 47.7 Å². The van der Waals surface area contributed by atoms with Gasteiger partial charge in [-0.3, -0.25) is 9.78 Å². The van der Waals surface area contributed by atoms with Crippen molar-refractivity contribution in [3.63, 3.8) is 0 Å². The molecule has 1 aromatic carbocycles. The van der Waals surface area contributed by atoms with Crippen molar-refractivity contribution in [1.82, 2.24) is 19.9 Å². The van der Waals surface area contributed by atoms with Gasteiger partial charge in [-0.2, -0.15) is 0 Å². The zero-order chi connectivity index (χ0) is 22.0. The summed E-state index contributed by atoms with van der Waals surface area (Å²) in [6.45, 7) is 5.91. The van der Waals surface area contributed by atoms with Crippen molar-refractivity contribution in [3.05, 3.63) is 64.3 Å². The minimum Gasteiger partial charge on any atom is -0.465 e. The van der Waals surface area contributed by atoms with E-state index in [0.29, 0.717) is 42.5 Å². The molecule has 0 saturated carbocycles. The summed E-state index contributed by atoms with van der Waals surface area (Å²) in [6.07, 6.45) is 3.15. The third-order valence-electron chi connectivity index (χ3n) is 5.42. The predicted molar refractivity (Wildman–Crippen MR) is 117 cm³/mol. The number of ether oxygens (including phenoxy) is 1. The molecule has 1 aliphatic heterocycles. The fraction of sp³-hybridized carbons (Fsp3) is 0.318. The third kappa shape index (κ3) is 4.11. The molecule has 1 N–H and O–H groups in total. The first-order valence-corrected chi connectivity index (χ1v) is 10.0. The van der Waals surface area contributed by atoms with E-state index in [0.717, 1.165) is 11.3 Å². The summed E-state index contributed by atoms with van der Waals surface area (Å²) < 4.78 is 4.93. The number of nitrogens with one attached hydrogen (secondary N) is 1. The smallest absolute Gasteiger partial charge is 0.339 e. The number of benzene rings is 1. The lowest BCUT2D eigenvalue weighted by atomic mass is 10.1. The Morgan fingerprint density at radius 3 is 2.81 bits per heavy atom. The first-order valence-electron chi connectivity index (χ1n) is 10.0. The number of hydrogen-bond acceptors (Lipinski definition) is 8. The summed E-state index contributed by atoms with van der Waals surface area (Å²) in [5.41, 5.74) is 3.16. The Bertz CT molecular complexity index is 1160. The zero-order valence-electron chi connectivity index (χ0n) is 17.7. The van der Waals surface area contributed by atoms with Gasteiger partial charge in [-0.1, -0.05) is 12.1 Å². The van der Waals surface area contributed by atoms with Gasteiger partial charge >= 0.3 is 5.97 Å². The molecule has 0 unspecified atom stereocenters. The average molecular weight is 420 g/mol. The Morgan fingerprint density at radius 2 is 2.06 bits per heavy atom. The van der Waals surface area contributed by atoms with Crippen LogP contribution in [0, 0.1) is 6.92 Å². The number of rotatable bonds is 4.